The molecule has 0 radical (unpaired) electrons. The Morgan fingerprint density at radius 3 is 2.61 bits per heavy atom. The van der Waals surface area contributed by atoms with Gasteiger partial charge in [0.25, 0.3) is 0 Å². The number of nitrogens with zero attached hydrogens (tertiary/aromatic N) is 4. The Morgan fingerprint density at radius 2 is 2.06 bits per heavy atom. The van der Waals surface area contributed by atoms with E-state index in [9.17, 15) is 0 Å². The zero-order valence-electron chi connectivity index (χ0n) is 11.0. The summed E-state index contributed by atoms with van der Waals surface area (Å²) in [6.07, 6.45) is 0.847. The number of thioether (sulfide) groups is 1. The number of aromatic nitrogens is 5. The first-order chi connectivity index (χ1) is 8.60. The van der Waals surface area contributed by atoms with E-state index in [1.165, 1.54) is 11.8 Å². The maximum absolute atomic E-state index is 5.25. The van der Waals surface area contributed by atoms with E-state index in [0.29, 0.717) is 11.0 Å². The monoisotopic (exact) mass is 267 g/mol. The molecule has 1 atom stereocenters. The molecular weight excluding hydrogens is 250 g/mol. The number of hydrogen-bond acceptors (Lipinski definition) is 6. The summed E-state index contributed by atoms with van der Waals surface area (Å²) in [7, 11) is 0. The summed E-state index contributed by atoms with van der Waals surface area (Å²) in [6.45, 7) is 8.11. The predicted molar refractivity (Wildman–Crippen MR) is 68.4 cm³/mol. The van der Waals surface area contributed by atoms with Crippen molar-refractivity contribution in [3.63, 3.8) is 0 Å². The van der Waals surface area contributed by atoms with Crippen molar-refractivity contribution in [2.24, 2.45) is 0 Å². The van der Waals surface area contributed by atoms with Crippen LogP contribution in [0, 0.1) is 0 Å². The highest BCUT2D eigenvalue weighted by atomic mass is 32.2. The third-order valence-corrected chi connectivity index (χ3v) is 3.40. The number of hydrogen-bond donors (Lipinski definition) is 1. The zero-order valence-corrected chi connectivity index (χ0v) is 11.8. The highest BCUT2D eigenvalue weighted by Gasteiger charge is 2.18. The van der Waals surface area contributed by atoms with Gasteiger partial charge in [0, 0.05) is 12.3 Å². The van der Waals surface area contributed by atoms with Crippen LogP contribution in [0.5, 0.6) is 0 Å². The van der Waals surface area contributed by atoms with Gasteiger partial charge >= 0.3 is 0 Å². The fourth-order valence-corrected chi connectivity index (χ4v) is 2.12. The van der Waals surface area contributed by atoms with E-state index in [0.717, 1.165) is 18.1 Å². The molecule has 6 nitrogen and oxygen atoms in total. The van der Waals surface area contributed by atoms with Crippen LogP contribution in [0.25, 0.3) is 0 Å². The molecule has 0 aliphatic heterocycles. The lowest BCUT2D eigenvalue weighted by Crippen LogP contribution is -1.93. The van der Waals surface area contributed by atoms with Gasteiger partial charge in [0.15, 0.2) is 5.82 Å². The van der Waals surface area contributed by atoms with Crippen LogP contribution in [-0.4, -0.2) is 25.3 Å². The number of rotatable bonds is 5. The molecule has 0 bridgehead atoms. The van der Waals surface area contributed by atoms with Gasteiger partial charge in [0.1, 0.15) is 5.82 Å². The van der Waals surface area contributed by atoms with Crippen LogP contribution in [0.2, 0.25) is 0 Å². The lowest BCUT2D eigenvalue weighted by molar-refractivity contribution is 0.373. The molecule has 2 heterocycles. The summed E-state index contributed by atoms with van der Waals surface area (Å²) in [5.74, 6) is 2.52. The molecule has 0 saturated carbocycles. The number of H-pyrrole nitrogens is 1. The van der Waals surface area contributed by atoms with Crippen molar-refractivity contribution in [1.82, 2.24) is 25.3 Å². The second kappa shape index (κ2) is 5.51. The number of aromatic amines is 1. The Labute approximate surface area is 110 Å². The number of aryl methyl sites for hydroxylation is 1. The van der Waals surface area contributed by atoms with Crippen molar-refractivity contribution in [1.29, 1.82) is 0 Å². The third-order valence-electron chi connectivity index (χ3n) is 2.45. The van der Waals surface area contributed by atoms with E-state index >= 15 is 0 Å². The summed E-state index contributed by atoms with van der Waals surface area (Å²) >= 11 is 1.51. The van der Waals surface area contributed by atoms with Gasteiger partial charge in [-0.1, -0.05) is 37.7 Å². The van der Waals surface area contributed by atoms with Gasteiger partial charge in [-0.2, -0.15) is 4.98 Å². The van der Waals surface area contributed by atoms with Crippen LogP contribution in [0.1, 0.15) is 56.4 Å². The second-order valence-electron chi connectivity index (χ2n) is 4.32. The standard InChI is InChI=1S/C11H17N5OS/c1-5-8-12-11(15-14-8)18-7(4)10-13-9(6(2)3)16-17-10/h6-7H,5H2,1-4H3,(H,12,14,15)/t7-/m1/s1. The Morgan fingerprint density at radius 1 is 1.28 bits per heavy atom. The van der Waals surface area contributed by atoms with Crippen molar-refractivity contribution < 1.29 is 4.52 Å². The second-order valence-corrected chi connectivity index (χ2v) is 5.63. The lowest BCUT2D eigenvalue weighted by Gasteiger charge is -2.01. The largest absolute Gasteiger partial charge is 0.338 e. The molecule has 0 aliphatic carbocycles. The molecule has 2 rings (SSSR count). The molecule has 2 aromatic heterocycles. The Bertz CT molecular complexity index is 507. The van der Waals surface area contributed by atoms with Gasteiger partial charge in [-0.05, 0) is 6.92 Å². The van der Waals surface area contributed by atoms with Crippen LogP contribution >= 0.6 is 11.8 Å². The molecule has 1 N–H and O–H groups in total. The molecule has 0 amide bonds. The van der Waals surface area contributed by atoms with Crippen molar-refractivity contribution in [3.8, 4) is 0 Å². The van der Waals surface area contributed by atoms with E-state index in [4.69, 9.17) is 4.52 Å². The van der Waals surface area contributed by atoms with Crippen LogP contribution in [0.15, 0.2) is 9.68 Å². The summed E-state index contributed by atoms with van der Waals surface area (Å²) in [5.41, 5.74) is 0. The molecule has 7 heteroatoms. The molecule has 0 fully saturated rings. The molecule has 0 aliphatic rings. The van der Waals surface area contributed by atoms with Gasteiger partial charge in [-0.25, -0.2) is 4.98 Å². The Balaban J connectivity index is 2.04. The summed E-state index contributed by atoms with van der Waals surface area (Å²) in [4.78, 5) is 8.71. The average molecular weight is 267 g/mol. The molecule has 0 spiro atoms. The third kappa shape index (κ3) is 2.90. The summed E-state index contributed by atoms with van der Waals surface area (Å²) < 4.78 is 5.25. The van der Waals surface area contributed by atoms with Gasteiger partial charge in [-0.3, -0.25) is 5.10 Å². The highest BCUT2D eigenvalue weighted by Crippen LogP contribution is 2.32. The maximum atomic E-state index is 5.25. The van der Waals surface area contributed by atoms with E-state index in [1.807, 2.05) is 27.7 Å². The van der Waals surface area contributed by atoms with Crippen molar-refractivity contribution in [2.45, 2.75) is 50.4 Å². The lowest BCUT2D eigenvalue weighted by atomic mass is 10.2. The van der Waals surface area contributed by atoms with Crippen molar-refractivity contribution in [2.75, 3.05) is 0 Å². The fourth-order valence-electron chi connectivity index (χ4n) is 1.34. The number of nitrogens with one attached hydrogen (secondary N) is 1. The molecule has 0 aromatic carbocycles. The SMILES string of the molecule is CCc1nc(S[C@H](C)c2nc(C(C)C)no2)n[nH]1. The summed E-state index contributed by atoms with van der Waals surface area (Å²) in [6, 6.07) is 0. The minimum Gasteiger partial charge on any atom is -0.338 e. The Kier molecular flexibility index (Phi) is 4.00. The molecule has 18 heavy (non-hydrogen) atoms. The normalized spacial score (nSPS) is 13.2. The van der Waals surface area contributed by atoms with E-state index in [2.05, 4.69) is 25.3 Å². The molecule has 0 unspecified atom stereocenters. The van der Waals surface area contributed by atoms with Crippen LogP contribution in [0.4, 0.5) is 0 Å². The first-order valence-corrected chi connectivity index (χ1v) is 6.89. The maximum Gasteiger partial charge on any atom is 0.239 e. The van der Waals surface area contributed by atoms with Gasteiger partial charge in [-0.15, -0.1) is 5.10 Å². The first kappa shape index (κ1) is 13.1. The highest BCUT2D eigenvalue weighted by molar-refractivity contribution is 7.99. The van der Waals surface area contributed by atoms with Crippen LogP contribution in [-0.2, 0) is 6.42 Å². The molecule has 2 aromatic rings. The fraction of sp³-hybridized carbons (Fsp3) is 0.636. The summed E-state index contributed by atoms with van der Waals surface area (Å²) in [5, 5.41) is 11.7. The van der Waals surface area contributed by atoms with Crippen LogP contribution < -0.4 is 0 Å². The minimum absolute atomic E-state index is 0.0468. The topological polar surface area (TPSA) is 80.5 Å². The smallest absolute Gasteiger partial charge is 0.239 e. The molecular formula is C11H17N5OS. The van der Waals surface area contributed by atoms with Crippen molar-refractivity contribution in [3.05, 3.63) is 17.5 Å². The quantitative estimate of drug-likeness (QED) is 0.839. The average Bonchev–Trinajstić information content (AvgIpc) is 2.97. The predicted octanol–water partition coefficient (Wildman–Crippen LogP) is 2.73. The van der Waals surface area contributed by atoms with Gasteiger partial charge < -0.3 is 4.52 Å². The zero-order chi connectivity index (χ0) is 13.1. The van der Waals surface area contributed by atoms with E-state index < -0.39 is 0 Å². The minimum atomic E-state index is 0.0468. The van der Waals surface area contributed by atoms with E-state index in [1.54, 1.807) is 0 Å². The van der Waals surface area contributed by atoms with Gasteiger partial charge in [0.05, 0.1) is 5.25 Å². The Hall–Kier alpha value is -1.37. The molecule has 0 saturated heterocycles. The van der Waals surface area contributed by atoms with Crippen LogP contribution in [0.3, 0.4) is 0 Å². The molecule has 98 valence electrons. The van der Waals surface area contributed by atoms with Gasteiger partial charge in [0.2, 0.25) is 11.0 Å². The van der Waals surface area contributed by atoms with Crippen molar-refractivity contribution >= 4 is 11.8 Å². The van der Waals surface area contributed by atoms with E-state index in [-0.39, 0.29) is 11.2 Å². The first-order valence-electron chi connectivity index (χ1n) is 6.01.